The summed E-state index contributed by atoms with van der Waals surface area (Å²) < 4.78 is 1.98. The summed E-state index contributed by atoms with van der Waals surface area (Å²) in [7, 11) is 0. The van der Waals surface area contributed by atoms with Crippen LogP contribution in [0.15, 0.2) is 36.4 Å². The summed E-state index contributed by atoms with van der Waals surface area (Å²) in [6.45, 7) is 4.28. The van der Waals surface area contributed by atoms with Crippen LogP contribution in [0.4, 0.5) is 0 Å². The lowest BCUT2D eigenvalue weighted by Gasteiger charge is -2.20. The Morgan fingerprint density at radius 3 is 1.83 bits per heavy atom. The van der Waals surface area contributed by atoms with Gasteiger partial charge in [-0.15, -0.1) is 0 Å². The van der Waals surface area contributed by atoms with Crippen molar-refractivity contribution in [2.75, 3.05) is 6.54 Å². The van der Waals surface area contributed by atoms with Crippen LogP contribution < -0.4 is 11.7 Å². The molecule has 0 bridgehead atoms. The number of benzene rings is 1. The number of aromatic nitrogens is 1. The predicted molar refractivity (Wildman–Crippen MR) is 90.1 cm³/mol. The van der Waals surface area contributed by atoms with Gasteiger partial charge in [0.2, 0.25) is 0 Å². The maximum atomic E-state index is 12.3. The minimum atomic E-state index is -0.799. The molecule has 3 rings (SSSR count). The molecule has 1 aromatic carbocycles. The van der Waals surface area contributed by atoms with E-state index in [1.807, 2.05) is 30.5 Å². The van der Waals surface area contributed by atoms with Gasteiger partial charge in [-0.05, 0) is 38.1 Å². The Kier molecular flexibility index (Phi) is 5.50. The van der Waals surface area contributed by atoms with Gasteiger partial charge in [0.15, 0.2) is 0 Å². The molecule has 7 nitrogen and oxygen atoms in total. The van der Waals surface area contributed by atoms with E-state index in [1.54, 1.807) is 24.3 Å². The number of nitrogens with two attached hydrogens (primary N) is 2. The van der Waals surface area contributed by atoms with Crippen molar-refractivity contribution >= 4 is 11.8 Å². The van der Waals surface area contributed by atoms with Gasteiger partial charge in [-0.3, -0.25) is 26.2 Å². The molecule has 24 heavy (non-hydrogen) atoms. The number of carbonyl (C=O) groups excluding carboxylic acids is 2. The number of carbonyl (C=O) groups is 2. The highest BCUT2D eigenvalue weighted by molar-refractivity contribution is 6.21. The average Bonchev–Trinajstić information content (AvgIpc) is 3.03. The van der Waals surface area contributed by atoms with Crippen LogP contribution in [-0.2, 0) is 6.54 Å². The van der Waals surface area contributed by atoms with Crippen LogP contribution in [0.3, 0.4) is 0 Å². The first-order chi connectivity index (χ1) is 11.5. The second kappa shape index (κ2) is 7.39. The van der Waals surface area contributed by atoms with Crippen LogP contribution in [0, 0.1) is 13.8 Å². The molecule has 5 N–H and O–H groups in total. The summed E-state index contributed by atoms with van der Waals surface area (Å²) in [6.07, 6.45) is -0.799. The third-order valence-corrected chi connectivity index (χ3v) is 4.08. The number of aliphatic hydroxyl groups excluding tert-OH is 1. The quantitative estimate of drug-likeness (QED) is 0.431. The first-order valence-electron chi connectivity index (χ1n) is 7.58. The molecule has 1 aliphatic heterocycles. The van der Waals surface area contributed by atoms with E-state index in [2.05, 4.69) is 11.7 Å². The molecule has 0 aliphatic carbocycles. The summed E-state index contributed by atoms with van der Waals surface area (Å²) in [5.41, 5.74) is 2.90. The fourth-order valence-corrected chi connectivity index (χ4v) is 2.87. The molecule has 0 saturated heterocycles. The Bertz CT molecular complexity index is 700. The first-order valence-corrected chi connectivity index (χ1v) is 7.58. The van der Waals surface area contributed by atoms with Crippen molar-refractivity contribution in [3.63, 3.8) is 0 Å². The number of imide groups is 1. The molecule has 128 valence electrons. The van der Waals surface area contributed by atoms with Crippen molar-refractivity contribution in [2.24, 2.45) is 11.7 Å². The number of amides is 2. The summed E-state index contributed by atoms with van der Waals surface area (Å²) in [6, 6.07) is 10.7. The number of nitrogens with zero attached hydrogens (tertiary/aromatic N) is 2. The second-order valence-electron chi connectivity index (χ2n) is 5.65. The molecule has 0 spiro atoms. The number of aliphatic hydroxyl groups is 1. The maximum absolute atomic E-state index is 12.3. The van der Waals surface area contributed by atoms with E-state index in [9.17, 15) is 14.7 Å². The molecule has 2 amide bonds. The molecule has 0 saturated carbocycles. The number of hydrogen-bond donors (Lipinski definition) is 3. The van der Waals surface area contributed by atoms with Crippen LogP contribution in [0.25, 0.3) is 0 Å². The minimum absolute atomic E-state index is 0.00338. The molecule has 7 heteroatoms. The molecular formula is C17H22N4O3. The largest absolute Gasteiger partial charge is 0.389 e. The normalized spacial score (nSPS) is 14.3. The fraction of sp³-hybridized carbons (Fsp3) is 0.294. The predicted octanol–water partition coefficient (Wildman–Crippen LogP) is 0.581. The van der Waals surface area contributed by atoms with Gasteiger partial charge in [0, 0.05) is 11.4 Å². The monoisotopic (exact) mass is 330 g/mol. The van der Waals surface area contributed by atoms with Gasteiger partial charge in [0.1, 0.15) is 0 Å². The SMILES string of the molecule is Cc1ccc(C)n1C[C@@H](O)CN1C(=O)c2ccccc2C1=O.NN. The number of aryl methyl sites for hydroxylation is 2. The van der Waals surface area contributed by atoms with Gasteiger partial charge in [0.25, 0.3) is 11.8 Å². The Labute approximate surface area is 140 Å². The van der Waals surface area contributed by atoms with E-state index < -0.39 is 6.10 Å². The highest BCUT2D eigenvalue weighted by Crippen LogP contribution is 2.22. The van der Waals surface area contributed by atoms with Crippen molar-refractivity contribution < 1.29 is 14.7 Å². The van der Waals surface area contributed by atoms with Crippen molar-refractivity contribution in [2.45, 2.75) is 26.5 Å². The molecule has 1 aromatic heterocycles. The van der Waals surface area contributed by atoms with Crippen LogP contribution in [0.1, 0.15) is 32.1 Å². The number of rotatable bonds is 4. The lowest BCUT2D eigenvalue weighted by molar-refractivity contribution is 0.0520. The number of β-amino-alcohol motifs (C(OH)–C–C–N with tert-alkyl or cyclic N) is 1. The molecule has 2 heterocycles. The zero-order valence-electron chi connectivity index (χ0n) is 13.8. The minimum Gasteiger partial charge on any atom is -0.389 e. The van der Waals surface area contributed by atoms with E-state index in [1.165, 1.54) is 0 Å². The maximum Gasteiger partial charge on any atom is 0.261 e. The van der Waals surface area contributed by atoms with Crippen molar-refractivity contribution in [1.29, 1.82) is 0 Å². The van der Waals surface area contributed by atoms with Gasteiger partial charge in [-0.1, -0.05) is 12.1 Å². The van der Waals surface area contributed by atoms with Gasteiger partial charge < -0.3 is 9.67 Å². The third kappa shape index (κ3) is 3.23. The summed E-state index contributed by atoms with van der Waals surface area (Å²) in [4.78, 5) is 25.7. The van der Waals surface area contributed by atoms with Gasteiger partial charge >= 0.3 is 0 Å². The number of fused-ring (bicyclic) bond motifs is 1. The Hall–Kier alpha value is -2.48. The van der Waals surface area contributed by atoms with Crippen LogP contribution in [0.2, 0.25) is 0 Å². The van der Waals surface area contributed by atoms with Crippen molar-refractivity contribution in [3.05, 3.63) is 58.9 Å². The highest BCUT2D eigenvalue weighted by atomic mass is 16.3. The van der Waals surface area contributed by atoms with E-state index in [-0.39, 0.29) is 18.4 Å². The number of hydrogen-bond acceptors (Lipinski definition) is 5. The summed E-state index contributed by atoms with van der Waals surface area (Å²) in [5, 5.41) is 10.3. The molecule has 1 aliphatic rings. The zero-order valence-corrected chi connectivity index (χ0v) is 13.8. The Morgan fingerprint density at radius 1 is 0.917 bits per heavy atom. The first kappa shape index (κ1) is 17.9. The fourth-order valence-electron chi connectivity index (χ4n) is 2.87. The highest BCUT2D eigenvalue weighted by Gasteiger charge is 2.36. The third-order valence-electron chi connectivity index (χ3n) is 4.08. The van der Waals surface area contributed by atoms with Crippen LogP contribution >= 0.6 is 0 Å². The zero-order chi connectivity index (χ0) is 17.9. The lowest BCUT2D eigenvalue weighted by atomic mass is 10.1. The van der Waals surface area contributed by atoms with E-state index in [4.69, 9.17) is 0 Å². The second-order valence-corrected chi connectivity index (χ2v) is 5.65. The van der Waals surface area contributed by atoms with Crippen LogP contribution in [-0.4, -0.2) is 39.0 Å². The number of hydrazine groups is 1. The van der Waals surface area contributed by atoms with Gasteiger partial charge in [0.05, 0.1) is 30.3 Å². The van der Waals surface area contributed by atoms with E-state index in [0.717, 1.165) is 16.3 Å². The molecule has 1 atom stereocenters. The van der Waals surface area contributed by atoms with Crippen molar-refractivity contribution in [1.82, 2.24) is 9.47 Å². The van der Waals surface area contributed by atoms with Gasteiger partial charge in [-0.2, -0.15) is 0 Å². The smallest absolute Gasteiger partial charge is 0.261 e. The van der Waals surface area contributed by atoms with E-state index >= 15 is 0 Å². The molecule has 0 fully saturated rings. The molecule has 0 radical (unpaired) electrons. The molecule has 0 unspecified atom stereocenters. The van der Waals surface area contributed by atoms with Crippen molar-refractivity contribution in [3.8, 4) is 0 Å². The summed E-state index contributed by atoms with van der Waals surface area (Å²) >= 11 is 0. The topological polar surface area (TPSA) is 115 Å². The Morgan fingerprint density at radius 2 is 1.38 bits per heavy atom. The Balaban J connectivity index is 0.00000100. The van der Waals surface area contributed by atoms with Crippen LogP contribution in [0.5, 0.6) is 0 Å². The molecule has 2 aromatic rings. The molecular weight excluding hydrogens is 308 g/mol. The van der Waals surface area contributed by atoms with E-state index in [0.29, 0.717) is 17.7 Å². The standard InChI is InChI=1S/C17H18N2O3.H4N2/c1-11-7-8-12(2)18(11)9-13(20)10-19-16(21)14-5-3-4-6-15(14)17(19)22;1-2/h3-8,13,20H,9-10H2,1-2H3;1-2H2/t13-;/m1./s1. The lowest BCUT2D eigenvalue weighted by Crippen LogP contribution is -2.38. The van der Waals surface area contributed by atoms with Gasteiger partial charge in [-0.25, -0.2) is 0 Å². The average molecular weight is 330 g/mol. The summed E-state index contributed by atoms with van der Waals surface area (Å²) in [5.74, 6) is 7.33.